The lowest BCUT2D eigenvalue weighted by Crippen LogP contribution is -2.48. The van der Waals surface area contributed by atoms with Crippen LogP contribution in [0.25, 0.3) is 0 Å². The van der Waals surface area contributed by atoms with E-state index in [0.717, 1.165) is 0 Å². The van der Waals surface area contributed by atoms with Crippen LogP contribution in [0.5, 0.6) is 11.5 Å². The van der Waals surface area contributed by atoms with Crippen molar-refractivity contribution >= 4 is 0 Å². The molecule has 0 saturated carbocycles. The number of aliphatic hydroxyl groups is 2. The molecule has 1 aliphatic heterocycles. The Morgan fingerprint density at radius 2 is 0.969 bits per heavy atom. The fraction of sp³-hybridized carbons (Fsp3) is 0.727. The second-order valence-corrected chi connectivity index (χ2v) is 7.01. The predicted octanol–water partition coefficient (Wildman–Crippen LogP) is 0.281. The van der Waals surface area contributed by atoms with Gasteiger partial charge in [-0.15, -0.1) is 0 Å². The summed E-state index contributed by atoms with van der Waals surface area (Å²) < 4.78 is 44.5. The molecule has 1 heterocycles. The molecule has 0 unspecified atom stereocenters. The van der Waals surface area contributed by atoms with Crippen LogP contribution in [-0.4, -0.2) is 115 Å². The van der Waals surface area contributed by atoms with Crippen LogP contribution in [0.4, 0.5) is 0 Å². The standard InChI is InChI=1S/C22H36O10/c23-17-22(18-24)19-30-14-13-28-10-9-26-6-5-25-7-8-27-11-12-29-15-16-31-20-3-1-2-4-21(20)32-22/h1-4,23-24H,5-19H2. The van der Waals surface area contributed by atoms with Crippen LogP contribution < -0.4 is 9.47 Å². The van der Waals surface area contributed by atoms with Crippen molar-refractivity contribution in [2.45, 2.75) is 5.60 Å². The van der Waals surface area contributed by atoms with Crippen LogP contribution in [-0.2, 0) is 28.4 Å². The van der Waals surface area contributed by atoms with Gasteiger partial charge >= 0.3 is 0 Å². The molecule has 1 aromatic rings. The van der Waals surface area contributed by atoms with Gasteiger partial charge in [0.2, 0.25) is 0 Å². The molecule has 0 aliphatic carbocycles. The highest BCUT2D eigenvalue weighted by Gasteiger charge is 2.33. The second-order valence-electron chi connectivity index (χ2n) is 7.01. The third-order valence-corrected chi connectivity index (χ3v) is 4.46. The Bertz CT molecular complexity index is 582. The van der Waals surface area contributed by atoms with E-state index >= 15 is 0 Å². The summed E-state index contributed by atoms with van der Waals surface area (Å²) in [7, 11) is 0. The molecule has 2 N–H and O–H groups in total. The Kier molecular flexibility index (Phi) is 14.2. The van der Waals surface area contributed by atoms with Gasteiger partial charge < -0.3 is 48.1 Å². The highest BCUT2D eigenvalue weighted by molar-refractivity contribution is 5.40. The molecule has 2 rings (SSSR count). The highest BCUT2D eigenvalue weighted by atomic mass is 16.6. The summed E-state index contributed by atoms with van der Waals surface area (Å²) in [5.41, 5.74) is -1.32. The van der Waals surface area contributed by atoms with Crippen LogP contribution in [0.15, 0.2) is 24.3 Å². The number of hydrogen-bond acceptors (Lipinski definition) is 10. The molecule has 184 valence electrons. The number of hydrogen-bond donors (Lipinski definition) is 2. The minimum Gasteiger partial charge on any atom is -0.487 e. The van der Waals surface area contributed by atoms with Gasteiger partial charge in [-0.05, 0) is 12.1 Å². The molecule has 0 atom stereocenters. The van der Waals surface area contributed by atoms with Gasteiger partial charge in [0.15, 0.2) is 17.1 Å². The molecule has 10 nitrogen and oxygen atoms in total. The van der Waals surface area contributed by atoms with Gasteiger partial charge in [-0.25, -0.2) is 0 Å². The number of ether oxygens (including phenoxy) is 8. The third kappa shape index (κ3) is 10.9. The maximum absolute atomic E-state index is 9.88. The lowest BCUT2D eigenvalue weighted by Gasteiger charge is -2.31. The molecule has 0 radical (unpaired) electrons. The Balaban J connectivity index is 1.89. The number of aliphatic hydroxyl groups excluding tert-OH is 2. The van der Waals surface area contributed by atoms with Gasteiger partial charge in [-0.1, -0.05) is 12.1 Å². The fourth-order valence-electron chi connectivity index (χ4n) is 2.69. The summed E-state index contributed by atoms with van der Waals surface area (Å²) in [5.74, 6) is 0.874. The summed E-state index contributed by atoms with van der Waals surface area (Å²) in [6.45, 7) is 4.19. The van der Waals surface area contributed by atoms with Gasteiger partial charge in [-0.3, -0.25) is 0 Å². The molecule has 0 bridgehead atoms. The third-order valence-electron chi connectivity index (χ3n) is 4.46. The van der Waals surface area contributed by atoms with E-state index < -0.39 is 18.8 Å². The van der Waals surface area contributed by atoms with Gasteiger partial charge in [0, 0.05) is 0 Å². The second kappa shape index (κ2) is 17.0. The monoisotopic (exact) mass is 460 g/mol. The Labute approximate surface area is 189 Å². The maximum atomic E-state index is 9.88. The van der Waals surface area contributed by atoms with Crippen molar-refractivity contribution in [3.8, 4) is 11.5 Å². The van der Waals surface area contributed by atoms with Crippen LogP contribution in [0, 0.1) is 0 Å². The zero-order chi connectivity index (χ0) is 22.7. The number of benzene rings is 1. The van der Waals surface area contributed by atoms with E-state index in [9.17, 15) is 10.2 Å². The molecule has 1 aromatic carbocycles. The fourth-order valence-corrected chi connectivity index (χ4v) is 2.69. The van der Waals surface area contributed by atoms with Gasteiger partial charge in [0.1, 0.15) is 6.61 Å². The van der Waals surface area contributed by atoms with Crippen LogP contribution in [0.1, 0.15) is 0 Å². The molecular formula is C22H36O10. The van der Waals surface area contributed by atoms with E-state index in [0.29, 0.717) is 84.2 Å². The van der Waals surface area contributed by atoms with E-state index in [-0.39, 0.29) is 13.2 Å². The van der Waals surface area contributed by atoms with Crippen LogP contribution in [0.3, 0.4) is 0 Å². The summed E-state index contributed by atoms with van der Waals surface area (Å²) in [6.07, 6.45) is 0. The first-order chi connectivity index (χ1) is 15.8. The zero-order valence-electron chi connectivity index (χ0n) is 18.6. The van der Waals surface area contributed by atoms with Crippen molar-refractivity contribution in [1.29, 1.82) is 0 Å². The average Bonchev–Trinajstić information content (AvgIpc) is 2.82. The summed E-state index contributed by atoms with van der Waals surface area (Å²) in [5, 5.41) is 19.8. The quantitative estimate of drug-likeness (QED) is 0.638. The molecule has 0 spiro atoms. The minimum absolute atomic E-state index is 0.0192. The molecular weight excluding hydrogens is 424 g/mol. The lowest BCUT2D eigenvalue weighted by molar-refractivity contribution is -0.0958. The number of para-hydroxylation sites is 2. The van der Waals surface area contributed by atoms with Gasteiger partial charge in [0.05, 0.1) is 92.5 Å². The Morgan fingerprint density at radius 1 is 0.562 bits per heavy atom. The molecule has 1 aliphatic rings. The summed E-state index contributed by atoms with van der Waals surface area (Å²) >= 11 is 0. The van der Waals surface area contributed by atoms with Crippen LogP contribution >= 0.6 is 0 Å². The first-order valence-corrected chi connectivity index (χ1v) is 10.9. The molecule has 10 heteroatoms. The molecule has 0 saturated heterocycles. The zero-order valence-corrected chi connectivity index (χ0v) is 18.6. The number of rotatable bonds is 2. The van der Waals surface area contributed by atoms with E-state index in [4.69, 9.17) is 37.9 Å². The first-order valence-electron chi connectivity index (χ1n) is 10.9. The molecule has 32 heavy (non-hydrogen) atoms. The largest absolute Gasteiger partial charge is 0.487 e. The number of fused-ring (bicyclic) bond motifs is 1. The Morgan fingerprint density at radius 3 is 1.44 bits per heavy atom. The van der Waals surface area contributed by atoms with Crippen molar-refractivity contribution in [3.05, 3.63) is 24.3 Å². The van der Waals surface area contributed by atoms with Crippen molar-refractivity contribution < 1.29 is 48.1 Å². The Hall–Kier alpha value is -1.50. The highest BCUT2D eigenvalue weighted by Crippen LogP contribution is 2.30. The maximum Gasteiger partial charge on any atom is 0.178 e. The minimum atomic E-state index is -1.32. The lowest BCUT2D eigenvalue weighted by atomic mass is 10.1. The van der Waals surface area contributed by atoms with Gasteiger partial charge in [-0.2, -0.15) is 0 Å². The molecule has 0 amide bonds. The summed E-state index contributed by atoms with van der Waals surface area (Å²) in [6, 6.07) is 7.05. The topological polar surface area (TPSA) is 114 Å². The van der Waals surface area contributed by atoms with Crippen molar-refractivity contribution in [2.75, 3.05) is 99.1 Å². The van der Waals surface area contributed by atoms with Crippen molar-refractivity contribution in [3.63, 3.8) is 0 Å². The van der Waals surface area contributed by atoms with Crippen molar-refractivity contribution in [2.24, 2.45) is 0 Å². The molecule has 0 aromatic heterocycles. The smallest absolute Gasteiger partial charge is 0.178 e. The predicted molar refractivity (Wildman–Crippen MR) is 114 cm³/mol. The van der Waals surface area contributed by atoms with Crippen LogP contribution in [0.2, 0.25) is 0 Å². The van der Waals surface area contributed by atoms with Gasteiger partial charge in [0.25, 0.3) is 0 Å². The first kappa shape index (κ1) is 26.7. The SMILES string of the molecule is OCC1(CO)COCCOCCOCCOCCOCCOCCOc2ccccc2O1. The van der Waals surface area contributed by atoms with E-state index in [2.05, 4.69) is 0 Å². The van der Waals surface area contributed by atoms with E-state index in [1.54, 1.807) is 18.2 Å². The average molecular weight is 461 g/mol. The normalized spacial score (nSPS) is 21.3. The van der Waals surface area contributed by atoms with E-state index in [1.165, 1.54) is 0 Å². The molecule has 0 fully saturated rings. The van der Waals surface area contributed by atoms with E-state index in [1.807, 2.05) is 6.07 Å². The summed E-state index contributed by atoms with van der Waals surface area (Å²) in [4.78, 5) is 0. The van der Waals surface area contributed by atoms with Crippen molar-refractivity contribution in [1.82, 2.24) is 0 Å².